The number of carboxylic acid groups (broad SMARTS) is 1. The molecule has 3 N–H and O–H groups in total. The fraction of sp³-hybridized carbons (Fsp3) is 0.154. The van der Waals surface area contributed by atoms with Crippen LogP contribution in [0, 0.1) is 0 Å². The third-order valence-corrected chi connectivity index (χ3v) is 3.80. The Kier molecular flexibility index (Phi) is 3.26. The summed E-state index contributed by atoms with van der Waals surface area (Å²) in [6, 6.07) is 10.9. The van der Waals surface area contributed by atoms with Crippen LogP contribution >= 0.6 is 11.3 Å². The van der Waals surface area contributed by atoms with Crippen LogP contribution in [0.5, 0.6) is 0 Å². The van der Waals surface area contributed by atoms with E-state index in [1.54, 1.807) is 29.5 Å². The molecule has 2 rings (SSSR count). The molecular weight excluding hydrogens is 234 g/mol. The summed E-state index contributed by atoms with van der Waals surface area (Å²) in [6.45, 7) is 1.93. The summed E-state index contributed by atoms with van der Waals surface area (Å²) in [5, 5.41) is 8.93. The maximum Gasteiger partial charge on any atom is 0.335 e. The van der Waals surface area contributed by atoms with Gasteiger partial charge in [-0.05, 0) is 36.8 Å². The summed E-state index contributed by atoms with van der Waals surface area (Å²) < 4.78 is 0. The van der Waals surface area contributed by atoms with Crippen molar-refractivity contribution in [1.82, 2.24) is 0 Å². The zero-order chi connectivity index (χ0) is 12.4. The van der Waals surface area contributed by atoms with Crippen molar-refractivity contribution < 1.29 is 9.90 Å². The molecule has 0 bridgehead atoms. The Balaban J connectivity index is 2.38. The second-order valence-corrected chi connectivity index (χ2v) is 4.99. The normalized spacial score (nSPS) is 12.4. The Morgan fingerprint density at radius 1 is 1.35 bits per heavy atom. The number of benzene rings is 1. The molecule has 88 valence electrons. The van der Waals surface area contributed by atoms with Gasteiger partial charge >= 0.3 is 5.97 Å². The molecule has 0 amide bonds. The van der Waals surface area contributed by atoms with Crippen LogP contribution in [0.4, 0.5) is 0 Å². The lowest BCUT2D eigenvalue weighted by atomic mass is 10.1. The molecule has 0 saturated carbocycles. The van der Waals surface area contributed by atoms with E-state index in [2.05, 4.69) is 0 Å². The van der Waals surface area contributed by atoms with Gasteiger partial charge < -0.3 is 10.8 Å². The molecule has 0 aliphatic carbocycles. The lowest BCUT2D eigenvalue weighted by molar-refractivity contribution is 0.0697. The van der Waals surface area contributed by atoms with Gasteiger partial charge in [0, 0.05) is 15.8 Å². The van der Waals surface area contributed by atoms with Crippen molar-refractivity contribution in [3.8, 4) is 10.4 Å². The molecule has 1 heterocycles. The lowest BCUT2D eigenvalue weighted by Gasteiger charge is -2.01. The molecule has 4 heteroatoms. The number of nitrogens with two attached hydrogens (primary N) is 1. The fourth-order valence-electron chi connectivity index (χ4n) is 1.56. The number of carboxylic acids is 1. The number of thiophene rings is 1. The lowest BCUT2D eigenvalue weighted by Crippen LogP contribution is -2.01. The second kappa shape index (κ2) is 4.69. The first-order valence-electron chi connectivity index (χ1n) is 5.27. The minimum Gasteiger partial charge on any atom is -0.478 e. The predicted octanol–water partition coefficient (Wildman–Crippen LogP) is 3.13. The Hall–Kier alpha value is -1.65. The van der Waals surface area contributed by atoms with Gasteiger partial charge in [-0.25, -0.2) is 4.79 Å². The van der Waals surface area contributed by atoms with E-state index < -0.39 is 5.97 Å². The van der Waals surface area contributed by atoms with Gasteiger partial charge in [0.2, 0.25) is 0 Å². The fourth-order valence-corrected chi connectivity index (χ4v) is 2.52. The number of rotatable bonds is 3. The predicted molar refractivity (Wildman–Crippen MR) is 69.3 cm³/mol. The summed E-state index contributed by atoms with van der Waals surface area (Å²) in [5.74, 6) is -0.907. The highest BCUT2D eigenvalue weighted by molar-refractivity contribution is 7.15. The molecule has 0 spiro atoms. The molecule has 0 fully saturated rings. The van der Waals surface area contributed by atoms with Crippen LogP contribution in [0.15, 0.2) is 36.4 Å². The molecule has 0 aliphatic heterocycles. The van der Waals surface area contributed by atoms with Crippen molar-refractivity contribution in [2.24, 2.45) is 5.73 Å². The van der Waals surface area contributed by atoms with E-state index in [0.717, 1.165) is 15.3 Å². The Labute approximate surface area is 104 Å². The van der Waals surface area contributed by atoms with Crippen molar-refractivity contribution in [2.45, 2.75) is 13.0 Å². The van der Waals surface area contributed by atoms with Gasteiger partial charge in [0.1, 0.15) is 0 Å². The molecule has 0 unspecified atom stereocenters. The summed E-state index contributed by atoms with van der Waals surface area (Å²) in [6.07, 6.45) is 0. The number of hydrogen-bond donors (Lipinski definition) is 2. The van der Waals surface area contributed by atoms with Crippen LogP contribution in [-0.2, 0) is 0 Å². The van der Waals surface area contributed by atoms with Gasteiger partial charge in [-0.1, -0.05) is 12.1 Å². The van der Waals surface area contributed by atoms with Crippen LogP contribution in [0.1, 0.15) is 28.2 Å². The first-order chi connectivity index (χ1) is 8.08. The smallest absolute Gasteiger partial charge is 0.335 e. The van der Waals surface area contributed by atoms with Gasteiger partial charge in [-0.2, -0.15) is 0 Å². The van der Waals surface area contributed by atoms with Gasteiger partial charge in [0.05, 0.1) is 5.56 Å². The molecule has 2 aromatic rings. The topological polar surface area (TPSA) is 63.3 Å². The van der Waals surface area contributed by atoms with Gasteiger partial charge in [-0.3, -0.25) is 0 Å². The zero-order valence-corrected chi connectivity index (χ0v) is 10.2. The summed E-state index contributed by atoms with van der Waals surface area (Å²) in [5.41, 5.74) is 7.02. The maximum atomic E-state index is 10.9. The molecular formula is C13H13NO2S. The highest BCUT2D eigenvalue weighted by atomic mass is 32.1. The van der Waals surface area contributed by atoms with Crippen LogP contribution < -0.4 is 5.73 Å². The van der Waals surface area contributed by atoms with E-state index >= 15 is 0 Å². The van der Waals surface area contributed by atoms with Crippen molar-refractivity contribution >= 4 is 17.3 Å². The third-order valence-electron chi connectivity index (χ3n) is 2.47. The Morgan fingerprint density at radius 2 is 2.12 bits per heavy atom. The van der Waals surface area contributed by atoms with Crippen LogP contribution in [0.25, 0.3) is 10.4 Å². The number of aromatic carboxylic acids is 1. The SMILES string of the molecule is C[C@H](N)c1ccc(-c2cccc(C(=O)O)c2)s1. The average molecular weight is 247 g/mol. The Morgan fingerprint density at radius 3 is 2.71 bits per heavy atom. The van der Waals surface area contributed by atoms with E-state index in [1.807, 2.05) is 25.1 Å². The highest BCUT2D eigenvalue weighted by Gasteiger charge is 2.08. The summed E-state index contributed by atoms with van der Waals surface area (Å²) in [7, 11) is 0. The molecule has 0 radical (unpaired) electrons. The molecule has 3 nitrogen and oxygen atoms in total. The second-order valence-electron chi connectivity index (χ2n) is 3.88. The van der Waals surface area contributed by atoms with Gasteiger partial charge in [-0.15, -0.1) is 11.3 Å². The molecule has 0 aliphatic rings. The van der Waals surface area contributed by atoms with Crippen LogP contribution in [0.2, 0.25) is 0 Å². The zero-order valence-electron chi connectivity index (χ0n) is 9.38. The third kappa shape index (κ3) is 2.54. The van der Waals surface area contributed by atoms with Crippen LogP contribution in [-0.4, -0.2) is 11.1 Å². The number of carbonyl (C=O) groups is 1. The first-order valence-corrected chi connectivity index (χ1v) is 6.08. The number of hydrogen-bond acceptors (Lipinski definition) is 3. The van der Waals surface area contributed by atoms with E-state index in [4.69, 9.17) is 10.8 Å². The minimum atomic E-state index is -0.907. The van der Waals surface area contributed by atoms with Crippen molar-refractivity contribution in [2.75, 3.05) is 0 Å². The van der Waals surface area contributed by atoms with Gasteiger partial charge in [0.25, 0.3) is 0 Å². The monoisotopic (exact) mass is 247 g/mol. The minimum absolute atomic E-state index is 0.0106. The standard InChI is InChI=1S/C13H13NO2S/c1-8(14)11-5-6-12(17-11)9-3-2-4-10(7-9)13(15)16/h2-8H,14H2,1H3,(H,15,16)/t8-/m0/s1. The Bertz CT molecular complexity index is 546. The van der Waals surface area contributed by atoms with Gasteiger partial charge in [0.15, 0.2) is 0 Å². The average Bonchev–Trinajstić information content (AvgIpc) is 2.78. The summed E-state index contributed by atoms with van der Waals surface area (Å²) in [4.78, 5) is 13.0. The first kappa shape index (κ1) is 11.8. The molecule has 1 aromatic carbocycles. The van der Waals surface area contributed by atoms with E-state index in [-0.39, 0.29) is 6.04 Å². The highest BCUT2D eigenvalue weighted by Crippen LogP contribution is 2.30. The van der Waals surface area contributed by atoms with E-state index in [9.17, 15) is 4.79 Å². The van der Waals surface area contributed by atoms with E-state index in [0.29, 0.717) is 5.56 Å². The van der Waals surface area contributed by atoms with Crippen LogP contribution in [0.3, 0.4) is 0 Å². The quantitative estimate of drug-likeness (QED) is 0.875. The molecule has 1 aromatic heterocycles. The molecule has 17 heavy (non-hydrogen) atoms. The molecule has 0 saturated heterocycles. The van der Waals surface area contributed by atoms with Crippen molar-refractivity contribution in [3.05, 3.63) is 46.8 Å². The van der Waals surface area contributed by atoms with E-state index in [1.165, 1.54) is 0 Å². The summed E-state index contributed by atoms with van der Waals surface area (Å²) >= 11 is 1.60. The van der Waals surface area contributed by atoms with Crippen molar-refractivity contribution in [1.29, 1.82) is 0 Å². The molecule has 1 atom stereocenters. The van der Waals surface area contributed by atoms with Crippen molar-refractivity contribution in [3.63, 3.8) is 0 Å². The largest absolute Gasteiger partial charge is 0.478 e. The maximum absolute atomic E-state index is 10.9.